The molecule has 8 nitrogen and oxygen atoms in total. The van der Waals surface area contributed by atoms with Crippen molar-refractivity contribution in [3.8, 4) is 23.0 Å². The summed E-state index contributed by atoms with van der Waals surface area (Å²) >= 11 is 13.6. The first-order chi connectivity index (χ1) is 18.8. The summed E-state index contributed by atoms with van der Waals surface area (Å²) in [6.45, 7) is -2.66. The average Bonchev–Trinajstić information content (AvgIpc) is 3.74. The fourth-order valence-corrected chi connectivity index (χ4v) is 4.95. The zero-order valence-electron chi connectivity index (χ0n) is 21.5. The molecule has 4 rings (SSSR count). The van der Waals surface area contributed by atoms with Crippen LogP contribution < -0.4 is 23.9 Å². The predicted molar refractivity (Wildman–Crippen MR) is 145 cm³/mol. The van der Waals surface area contributed by atoms with Crippen LogP contribution in [0.25, 0.3) is 0 Å². The van der Waals surface area contributed by atoms with Gasteiger partial charge in [0.2, 0.25) is 0 Å². The lowest BCUT2D eigenvalue weighted by molar-refractivity contribution is -0.377. The number of carbonyl (C=O) groups excluding carboxylic acids is 1. The highest BCUT2D eigenvalue weighted by Gasteiger charge is 2.27. The monoisotopic (exact) mass is 617 g/mol. The fourth-order valence-electron chi connectivity index (χ4n) is 3.70. The van der Waals surface area contributed by atoms with Crippen LogP contribution in [0.4, 0.5) is 13.6 Å². The molecule has 0 radical (unpaired) electrons. The van der Waals surface area contributed by atoms with Gasteiger partial charge in [0, 0.05) is 18.1 Å². The second-order valence-corrected chi connectivity index (χ2v) is 10.4. The summed E-state index contributed by atoms with van der Waals surface area (Å²) in [5.74, 6) is 1.39. The number of alkyl halides is 2. The molecule has 13 heteroatoms. The van der Waals surface area contributed by atoms with Gasteiger partial charge in [-0.15, -0.1) is 0 Å². The highest BCUT2D eigenvalue weighted by Crippen LogP contribution is 2.39. The van der Waals surface area contributed by atoms with Gasteiger partial charge in [0.15, 0.2) is 23.9 Å². The molecular weight excluding hydrogens is 591 g/mol. The molecule has 1 aliphatic rings. The van der Waals surface area contributed by atoms with Gasteiger partial charge in [-0.3, -0.25) is 0 Å². The van der Waals surface area contributed by atoms with E-state index in [0.717, 1.165) is 24.6 Å². The summed E-state index contributed by atoms with van der Waals surface area (Å²) in [6, 6.07) is 9.47. The van der Waals surface area contributed by atoms with E-state index in [9.17, 15) is 13.6 Å². The van der Waals surface area contributed by atoms with E-state index in [1.807, 2.05) is 0 Å². The van der Waals surface area contributed by atoms with Crippen molar-refractivity contribution < 1.29 is 47.7 Å². The van der Waals surface area contributed by atoms with Crippen molar-refractivity contribution in [2.45, 2.75) is 36.9 Å². The van der Waals surface area contributed by atoms with Gasteiger partial charge in [0.05, 0.1) is 25.7 Å². The molecule has 40 heavy (non-hydrogen) atoms. The Balaban J connectivity index is 0.00000441. The fraction of sp³-hybridized carbons (Fsp3) is 0.333. The van der Waals surface area contributed by atoms with Crippen molar-refractivity contribution in [2.75, 3.05) is 20.8 Å². The molecule has 3 aromatic rings. The van der Waals surface area contributed by atoms with E-state index in [1.165, 1.54) is 32.4 Å². The third-order valence-electron chi connectivity index (χ3n) is 5.92. The van der Waals surface area contributed by atoms with Crippen LogP contribution in [0.2, 0.25) is 10.0 Å². The lowest BCUT2D eigenvalue weighted by Crippen LogP contribution is -2.14. The number of ether oxygens (including phenoxy) is 5. The van der Waals surface area contributed by atoms with Crippen LogP contribution in [0.3, 0.4) is 0 Å². The highest BCUT2D eigenvalue weighted by molar-refractivity contribution is 8.13. The molecule has 216 valence electrons. The minimum absolute atomic E-state index is 0. The normalized spacial score (nSPS) is 13.3. The third kappa shape index (κ3) is 8.50. The molecule has 1 aliphatic carbocycles. The smallest absolute Gasteiger partial charge is 0.387 e. The number of halogens is 4. The van der Waals surface area contributed by atoms with E-state index in [2.05, 4.69) is 9.72 Å². The van der Waals surface area contributed by atoms with Gasteiger partial charge in [-0.05, 0) is 60.4 Å². The number of aromatic amines is 1. The maximum absolute atomic E-state index is 13.1. The molecule has 1 saturated carbocycles. The number of thioether (sulfide) groups is 1. The number of H-pyrrole nitrogens is 1. The maximum Gasteiger partial charge on any atom is 0.387 e. The van der Waals surface area contributed by atoms with Crippen LogP contribution in [0.1, 0.15) is 30.1 Å². The predicted octanol–water partition coefficient (Wildman–Crippen LogP) is 7.25. The Morgan fingerprint density at radius 2 is 1.75 bits per heavy atom. The van der Waals surface area contributed by atoms with Crippen LogP contribution in [0.5, 0.6) is 23.0 Å². The molecule has 2 aromatic carbocycles. The molecule has 2 N–H and O–H groups in total. The van der Waals surface area contributed by atoms with E-state index in [0.29, 0.717) is 50.1 Å². The summed E-state index contributed by atoms with van der Waals surface area (Å²) in [5, 5.41) is 0.0540. The number of aromatic nitrogens is 1. The Morgan fingerprint density at radius 3 is 2.38 bits per heavy atom. The molecular formula is C27H27Cl2F2NO7S. The topological polar surface area (TPSA) is 107 Å². The third-order valence-corrected chi connectivity index (χ3v) is 7.41. The SMILES string of the molecule is COc1ccc(SC(=O)O[C@@H](Cc2c(Cl)c[nH+]cc2Cl)c2ccc(OC(F)F)c(OCC3CC3)c2)c(OC)c1.[OH-]. The maximum atomic E-state index is 13.1. The van der Waals surface area contributed by atoms with Crippen LogP contribution >= 0.6 is 35.0 Å². The quantitative estimate of drug-likeness (QED) is 0.154. The number of methoxy groups -OCH3 is 2. The summed E-state index contributed by atoms with van der Waals surface area (Å²) in [4.78, 5) is 16.5. The molecule has 1 fully saturated rings. The van der Waals surface area contributed by atoms with Gasteiger partial charge in [0.1, 0.15) is 27.6 Å². The van der Waals surface area contributed by atoms with Gasteiger partial charge < -0.3 is 29.2 Å². The van der Waals surface area contributed by atoms with Crippen molar-refractivity contribution in [1.82, 2.24) is 0 Å². The molecule has 0 bridgehead atoms. The second-order valence-electron chi connectivity index (χ2n) is 8.65. The Bertz CT molecular complexity index is 1290. The van der Waals surface area contributed by atoms with Gasteiger partial charge in [-0.2, -0.15) is 8.78 Å². The van der Waals surface area contributed by atoms with E-state index < -0.39 is 18.0 Å². The number of carbonyl (C=O) groups is 1. The Kier molecular flexibility index (Phi) is 11.5. The van der Waals surface area contributed by atoms with Crippen LogP contribution in [0, 0.1) is 5.92 Å². The van der Waals surface area contributed by atoms with E-state index in [-0.39, 0.29) is 23.4 Å². The summed E-state index contributed by atoms with van der Waals surface area (Å²) in [7, 11) is 3.01. The number of hydrogen-bond donors (Lipinski definition) is 0. The Hall–Kier alpha value is -2.99. The van der Waals surface area contributed by atoms with E-state index >= 15 is 0 Å². The number of pyridine rings is 1. The van der Waals surface area contributed by atoms with Crippen LogP contribution in [-0.4, -0.2) is 38.2 Å². The lowest BCUT2D eigenvalue weighted by atomic mass is 10.0. The largest absolute Gasteiger partial charge is 0.870 e. The van der Waals surface area contributed by atoms with Gasteiger partial charge >= 0.3 is 11.9 Å². The Labute approximate surface area is 244 Å². The molecule has 0 unspecified atom stereocenters. The first-order valence-electron chi connectivity index (χ1n) is 11.9. The molecule has 0 saturated heterocycles. The molecule has 1 aromatic heterocycles. The van der Waals surface area contributed by atoms with Gasteiger partial charge in [-0.1, -0.05) is 29.3 Å². The average molecular weight is 618 g/mol. The van der Waals surface area contributed by atoms with Crippen LogP contribution in [0.15, 0.2) is 53.7 Å². The van der Waals surface area contributed by atoms with E-state index in [1.54, 1.807) is 30.6 Å². The number of benzene rings is 2. The van der Waals surface area contributed by atoms with Crippen molar-refractivity contribution in [1.29, 1.82) is 0 Å². The van der Waals surface area contributed by atoms with Crippen molar-refractivity contribution in [3.05, 3.63) is 70.0 Å². The second kappa shape index (κ2) is 14.6. The minimum atomic E-state index is -3.03. The highest BCUT2D eigenvalue weighted by atomic mass is 35.5. The standard InChI is InChI=1S/C27H25Cl2F2NO6S.H2O/c1-34-17-6-8-25(24(10-17)35-2)39-27(33)38-22(11-18-19(28)12-32-13-20(18)29)16-5-7-21(37-26(30)31)23(9-16)36-14-15-3-4-15;/h5-10,12-13,15,22,26H,3-4,11,14H2,1-2H3;1H2/t22-;/m0./s1. The lowest BCUT2D eigenvalue weighted by Gasteiger charge is -2.21. The Morgan fingerprint density at radius 1 is 1.02 bits per heavy atom. The molecule has 0 spiro atoms. The van der Waals surface area contributed by atoms with Crippen molar-refractivity contribution in [3.63, 3.8) is 0 Å². The zero-order chi connectivity index (χ0) is 27.9. The molecule has 1 atom stereocenters. The van der Waals surface area contributed by atoms with Crippen LogP contribution in [-0.2, 0) is 11.2 Å². The van der Waals surface area contributed by atoms with E-state index in [4.69, 9.17) is 42.1 Å². The first kappa shape index (κ1) is 31.5. The number of nitrogens with one attached hydrogen (secondary N) is 1. The summed E-state index contributed by atoms with van der Waals surface area (Å²) < 4.78 is 53.0. The summed E-state index contributed by atoms with van der Waals surface area (Å²) in [6.07, 6.45) is 4.36. The zero-order valence-corrected chi connectivity index (χ0v) is 23.8. The molecule has 0 amide bonds. The minimum Gasteiger partial charge on any atom is -0.870 e. The van der Waals surface area contributed by atoms with Crippen molar-refractivity contribution in [2.24, 2.45) is 5.92 Å². The summed E-state index contributed by atoms with van der Waals surface area (Å²) in [5.41, 5.74) is 1.02. The molecule has 0 aliphatic heterocycles. The van der Waals surface area contributed by atoms with Gasteiger partial charge in [-0.25, -0.2) is 9.78 Å². The molecule has 1 heterocycles. The van der Waals surface area contributed by atoms with Gasteiger partial charge in [0.25, 0.3) is 0 Å². The van der Waals surface area contributed by atoms with Crippen molar-refractivity contribution >= 4 is 40.3 Å². The number of hydrogen-bond acceptors (Lipinski definition) is 8. The number of rotatable bonds is 12. The first-order valence-corrected chi connectivity index (χ1v) is 13.5.